The Kier molecular flexibility index (Phi) is 4.67. The van der Waals surface area contributed by atoms with Crippen LogP contribution in [0, 0.1) is 12.8 Å². The van der Waals surface area contributed by atoms with E-state index in [1.807, 2.05) is 6.92 Å². The van der Waals surface area contributed by atoms with E-state index in [1.165, 1.54) is 19.2 Å². The fraction of sp³-hybridized carbons (Fsp3) is 0.278. The molecule has 2 aromatic rings. The van der Waals surface area contributed by atoms with Crippen molar-refractivity contribution in [2.75, 3.05) is 17.1 Å². The number of sulfonamides is 1. The lowest BCUT2D eigenvalue weighted by atomic mass is 10.2. The first kappa shape index (κ1) is 17.3. The molecular weight excluding hydrogens is 340 g/mol. The Balaban J connectivity index is 1.87. The maximum absolute atomic E-state index is 12.7. The van der Waals surface area contributed by atoms with Gasteiger partial charge in [0.2, 0.25) is 5.91 Å². The van der Waals surface area contributed by atoms with Crippen LogP contribution in [-0.4, -0.2) is 21.4 Å². The van der Waals surface area contributed by atoms with Crippen molar-refractivity contribution in [1.82, 2.24) is 0 Å². The van der Waals surface area contributed by atoms with E-state index in [9.17, 15) is 13.2 Å². The van der Waals surface area contributed by atoms with Crippen LogP contribution in [0.4, 0.5) is 11.4 Å². The maximum Gasteiger partial charge on any atom is 0.262 e. The van der Waals surface area contributed by atoms with Gasteiger partial charge in [0, 0.05) is 11.6 Å². The topological polar surface area (TPSA) is 84.5 Å². The van der Waals surface area contributed by atoms with Crippen molar-refractivity contribution in [2.45, 2.75) is 24.7 Å². The van der Waals surface area contributed by atoms with Crippen LogP contribution in [0.2, 0.25) is 0 Å². The molecule has 0 heterocycles. The molecule has 25 heavy (non-hydrogen) atoms. The number of methoxy groups -OCH3 is 1. The molecule has 0 radical (unpaired) electrons. The molecule has 0 unspecified atom stereocenters. The van der Waals surface area contributed by atoms with Crippen LogP contribution in [0.15, 0.2) is 47.4 Å². The number of amides is 1. The number of hydrogen-bond donors (Lipinski definition) is 2. The molecule has 0 spiro atoms. The quantitative estimate of drug-likeness (QED) is 0.829. The number of ether oxygens (including phenoxy) is 1. The van der Waals surface area contributed by atoms with E-state index in [4.69, 9.17) is 4.74 Å². The summed E-state index contributed by atoms with van der Waals surface area (Å²) >= 11 is 0. The smallest absolute Gasteiger partial charge is 0.262 e. The molecule has 1 fully saturated rings. The number of hydrogen-bond acceptors (Lipinski definition) is 4. The van der Waals surface area contributed by atoms with E-state index in [1.54, 1.807) is 30.3 Å². The standard InChI is InChI=1S/C18H20N2O4S/c1-12-7-10-14(11-16(12)19-18(21)13-8-9-13)25(22,23)20-15-5-3-4-6-17(15)24-2/h3-7,10-11,13,20H,8-9H2,1-2H3,(H,19,21). The summed E-state index contributed by atoms with van der Waals surface area (Å²) in [6.07, 6.45) is 1.77. The van der Waals surface area contributed by atoms with Crippen LogP contribution < -0.4 is 14.8 Å². The molecule has 2 N–H and O–H groups in total. The highest BCUT2D eigenvalue weighted by molar-refractivity contribution is 7.92. The zero-order valence-corrected chi connectivity index (χ0v) is 14.9. The van der Waals surface area contributed by atoms with Gasteiger partial charge in [0.15, 0.2) is 0 Å². The van der Waals surface area contributed by atoms with Crippen molar-refractivity contribution in [3.8, 4) is 5.75 Å². The Morgan fingerprint density at radius 2 is 1.84 bits per heavy atom. The van der Waals surface area contributed by atoms with Gasteiger partial charge in [-0.15, -0.1) is 0 Å². The van der Waals surface area contributed by atoms with E-state index < -0.39 is 10.0 Å². The third-order valence-corrected chi connectivity index (χ3v) is 5.44. The number of carbonyl (C=O) groups excluding carboxylic acids is 1. The highest BCUT2D eigenvalue weighted by atomic mass is 32.2. The van der Waals surface area contributed by atoms with Crippen LogP contribution in [0.25, 0.3) is 0 Å². The van der Waals surface area contributed by atoms with E-state index in [0.29, 0.717) is 17.1 Å². The van der Waals surface area contributed by atoms with Crippen LogP contribution in [0.1, 0.15) is 18.4 Å². The number of anilines is 2. The average molecular weight is 360 g/mol. The van der Waals surface area contributed by atoms with Gasteiger partial charge in [-0.2, -0.15) is 0 Å². The van der Waals surface area contributed by atoms with Crippen LogP contribution in [-0.2, 0) is 14.8 Å². The summed E-state index contributed by atoms with van der Waals surface area (Å²) in [5, 5.41) is 2.82. The van der Waals surface area contributed by atoms with Crippen LogP contribution >= 0.6 is 0 Å². The van der Waals surface area contributed by atoms with Crippen molar-refractivity contribution in [3.05, 3.63) is 48.0 Å². The van der Waals surface area contributed by atoms with E-state index >= 15 is 0 Å². The molecule has 1 amide bonds. The molecule has 6 nitrogen and oxygen atoms in total. The highest BCUT2D eigenvalue weighted by Gasteiger charge is 2.30. The summed E-state index contributed by atoms with van der Waals surface area (Å²) in [7, 11) is -2.33. The summed E-state index contributed by atoms with van der Waals surface area (Å²) in [5.41, 5.74) is 1.68. The number of aryl methyl sites for hydroxylation is 1. The molecule has 7 heteroatoms. The Labute approximate surface area is 147 Å². The van der Waals surface area contributed by atoms with Gasteiger partial charge in [-0.25, -0.2) is 8.42 Å². The first-order chi connectivity index (χ1) is 11.9. The van der Waals surface area contributed by atoms with E-state index in [0.717, 1.165) is 18.4 Å². The van der Waals surface area contributed by atoms with Crippen molar-refractivity contribution in [2.24, 2.45) is 5.92 Å². The molecule has 0 bridgehead atoms. The fourth-order valence-electron chi connectivity index (χ4n) is 2.42. The number of carbonyl (C=O) groups is 1. The second-order valence-electron chi connectivity index (χ2n) is 6.05. The van der Waals surface area contributed by atoms with Crippen molar-refractivity contribution < 1.29 is 17.9 Å². The first-order valence-corrected chi connectivity index (χ1v) is 9.46. The molecule has 3 rings (SSSR count). The van der Waals surface area contributed by atoms with Gasteiger partial charge < -0.3 is 10.1 Å². The Hall–Kier alpha value is -2.54. The molecule has 0 aliphatic heterocycles. The van der Waals surface area contributed by atoms with Crippen molar-refractivity contribution in [1.29, 1.82) is 0 Å². The lowest BCUT2D eigenvalue weighted by Crippen LogP contribution is -2.17. The minimum Gasteiger partial charge on any atom is -0.495 e. The third-order valence-electron chi connectivity index (χ3n) is 4.08. The SMILES string of the molecule is COc1ccccc1NS(=O)(=O)c1ccc(C)c(NC(=O)C2CC2)c1. The number of benzene rings is 2. The largest absolute Gasteiger partial charge is 0.495 e. The van der Waals surface area contributed by atoms with Gasteiger partial charge in [0.1, 0.15) is 5.75 Å². The molecule has 0 saturated heterocycles. The number of para-hydroxylation sites is 2. The second kappa shape index (κ2) is 6.76. The zero-order valence-electron chi connectivity index (χ0n) is 14.1. The summed E-state index contributed by atoms with van der Waals surface area (Å²) in [5.74, 6) is 0.419. The summed E-state index contributed by atoms with van der Waals surface area (Å²) < 4.78 is 33.1. The van der Waals surface area contributed by atoms with Gasteiger partial charge in [-0.05, 0) is 49.6 Å². The molecular formula is C18H20N2O4S. The van der Waals surface area contributed by atoms with Gasteiger partial charge in [-0.3, -0.25) is 9.52 Å². The molecule has 0 aromatic heterocycles. The lowest BCUT2D eigenvalue weighted by molar-refractivity contribution is -0.117. The summed E-state index contributed by atoms with van der Waals surface area (Å²) in [6.45, 7) is 1.83. The number of nitrogens with one attached hydrogen (secondary N) is 2. The summed E-state index contributed by atoms with van der Waals surface area (Å²) in [6, 6.07) is 11.5. The third kappa shape index (κ3) is 3.93. The minimum atomic E-state index is -3.81. The predicted octanol–water partition coefficient (Wildman–Crippen LogP) is 3.15. The molecule has 1 aliphatic rings. The Morgan fingerprint density at radius 1 is 1.12 bits per heavy atom. The van der Waals surface area contributed by atoms with Gasteiger partial charge in [0.25, 0.3) is 10.0 Å². The molecule has 2 aromatic carbocycles. The van der Waals surface area contributed by atoms with Crippen molar-refractivity contribution in [3.63, 3.8) is 0 Å². The van der Waals surface area contributed by atoms with Gasteiger partial charge in [-0.1, -0.05) is 18.2 Å². The van der Waals surface area contributed by atoms with Gasteiger partial charge in [0.05, 0.1) is 17.7 Å². The monoisotopic (exact) mass is 360 g/mol. The summed E-state index contributed by atoms with van der Waals surface area (Å²) in [4.78, 5) is 12.0. The first-order valence-electron chi connectivity index (χ1n) is 7.98. The van der Waals surface area contributed by atoms with Crippen molar-refractivity contribution >= 4 is 27.3 Å². The molecule has 0 atom stereocenters. The maximum atomic E-state index is 12.7. The molecule has 1 saturated carbocycles. The fourth-order valence-corrected chi connectivity index (χ4v) is 3.51. The minimum absolute atomic E-state index is 0.0476. The Morgan fingerprint density at radius 3 is 2.52 bits per heavy atom. The van der Waals surface area contributed by atoms with Crippen LogP contribution in [0.3, 0.4) is 0 Å². The number of rotatable bonds is 6. The Bertz CT molecular complexity index is 905. The average Bonchev–Trinajstić information content (AvgIpc) is 3.42. The van der Waals surface area contributed by atoms with Crippen LogP contribution in [0.5, 0.6) is 5.75 Å². The predicted molar refractivity (Wildman–Crippen MR) is 96.3 cm³/mol. The second-order valence-corrected chi connectivity index (χ2v) is 7.73. The normalized spacial score (nSPS) is 14.0. The van der Waals surface area contributed by atoms with Gasteiger partial charge >= 0.3 is 0 Å². The zero-order chi connectivity index (χ0) is 18.0. The van der Waals surface area contributed by atoms with E-state index in [2.05, 4.69) is 10.0 Å². The van der Waals surface area contributed by atoms with E-state index in [-0.39, 0.29) is 16.7 Å². The lowest BCUT2D eigenvalue weighted by Gasteiger charge is -2.14. The molecule has 1 aliphatic carbocycles. The molecule has 132 valence electrons. The highest BCUT2D eigenvalue weighted by Crippen LogP contribution is 2.32.